The SMILES string of the molecule is Cc1nc(-c2ccncc2)nc(NCC2(C(N)=O)CCOCC2)c1C. The topological polar surface area (TPSA) is 103 Å². The van der Waals surface area contributed by atoms with E-state index in [1.54, 1.807) is 12.4 Å². The van der Waals surface area contributed by atoms with Crippen molar-refractivity contribution in [2.24, 2.45) is 11.1 Å². The molecule has 7 heteroatoms. The van der Waals surface area contributed by atoms with Crippen LogP contribution in [-0.2, 0) is 9.53 Å². The summed E-state index contributed by atoms with van der Waals surface area (Å²) < 4.78 is 5.38. The Labute approximate surface area is 147 Å². The van der Waals surface area contributed by atoms with Gasteiger partial charge in [0.2, 0.25) is 5.91 Å². The number of aromatic nitrogens is 3. The highest BCUT2D eigenvalue weighted by molar-refractivity contribution is 5.81. The summed E-state index contributed by atoms with van der Waals surface area (Å²) in [5.74, 6) is 1.07. The van der Waals surface area contributed by atoms with Gasteiger partial charge in [-0.15, -0.1) is 0 Å². The highest BCUT2D eigenvalue weighted by Gasteiger charge is 2.38. The fourth-order valence-corrected chi connectivity index (χ4v) is 2.96. The highest BCUT2D eigenvalue weighted by Crippen LogP contribution is 2.31. The number of hydrogen-bond acceptors (Lipinski definition) is 6. The molecule has 1 fully saturated rings. The van der Waals surface area contributed by atoms with Gasteiger partial charge < -0.3 is 15.8 Å². The normalized spacial score (nSPS) is 16.4. The number of nitrogens with one attached hydrogen (secondary N) is 1. The molecule has 2 aromatic rings. The molecule has 132 valence electrons. The van der Waals surface area contributed by atoms with E-state index in [1.807, 2.05) is 26.0 Å². The zero-order valence-electron chi connectivity index (χ0n) is 14.6. The lowest BCUT2D eigenvalue weighted by molar-refractivity contribution is -0.132. The number of carbonyl (C=O) groups excluding carboxylic acids is 1. The molecule has 2 aromatic heterocycles. The van der Waals surface area contributed by atoms with Crippen LogP contribution in [0.2, 0.25) is 0 Å². The molecule has 25 heavy (non-hydrogen) atoms. The zero-order chi connectivity index (χ0) is 17.9. The number of rotatable bonds is 5. The smallest absolute Gasteiger partial charge is 0.225 e. The molecule has 1 aliphatic rings. The molecule has 0 aromatic carbocycles. The van der Waals surface area contributed by atoms with Crippen molar-refractivity contribution in [3.63, 3.8) is 0 Å². The van der Waals surface area contributed by atoms with E-state index in [4.69, 9.17) is 10.5 Å². The minimum absolute atomic E-state index is 0.291. The van der Waals surface area contributed by atoms with Crippen molar-refractivity contribution in [1.29, 1.82) is 0 Å². The molecule has 0 unspecified atom stereocenters. The van der Waals surface area contributed by atoms with Gasteiger partial charge >= 0.3 is 0 Å². The van der Waals surface area contributed by atoms with Crippen molar-refractivity contribution in [3.05, 3.63) is 35.8 Å². The van der Waals surface area contributed by atoms with Crippen LogP contribution in [0.3, 0.4) is 0 Å². The van der Waals surface area contributed by atoms with Gasteiger partial charge in [0.15, 0.2) is 5.82 Å². The molecule has 1 saturated heterocycles. The van der Waals surface area contributed by atoms with Crippen molar-refractivity contribution in [1.82, 2.24) is 15.0 Å². The number of hydrogen-bond donors (Lipinski definition) is 2. The molecule has 0 bridgehead atoms. The van der Waals surface area contributed by atoms with Gasteiger partial charge in [-0.2, -0.15) is 0 Å². The summed E-state index contributed by atoms with van der Waals surface area (Å²) in [5, 5.41) is 3.33. The van der Waals surface area contributed by atoms with Crippen molar-refractivity contribution >= 4 is 11.7 Å². The first kappa shape index (κ1) is 17.3. The lowest BCUT2D eigenvalue weighted by atomic mass is 9.79. The second kappa shape index (κ2) is 7.14. The van der Waals surface area contributed by atoms with E-state index in [2.05, 4.69) is 20.3 Å². The van der Waals surface area contributed by atoms with Gasteiger partial charge in [0.25, 0.3) is 0 Å². The number of nitrogens with two attached hydrogens (primary N) is 1. The number of primary amides is 1. The van der Waals surface area contributed by atoms with Crippen molar-refractivity contribution in [2.45, 2.75) is 26.7 Å². The van der Waals surface area contributed by atoms with E-state index < -0.39 is 5.41 Å². The van der Waals surface area contributed by atoms with E-state index in [1.165, 1.54) is 0 Å². The number of ether oxygens (including phenoxy) is 1. The molecule has 1 amide bonds. The third-order valence-electron chi connectivity index (χ3n) is 4.89. The number of carbonyl (C=O) groups is 1. The van der Waals surface area contributed by atoms with E-state index >= 15 is 0 Å². The van der Waals surface area contributed by atoms with E-state index in [9.17, 15) is 4.79 Å². The summed E-state index contributed by atoms with van der Waals surface area (Å²) in [6.45, 7) is 5.46. The average Bonchev–Trinajstić information content (AvgIpc) is 2.64. The van der Waals surface area contributed by atoms with Crippen molar-refractivity contribution in [3.8, 4) is 11.4 Å². The fraction of sp³-hybridized carbons (Fsp3) is 0.444. The van der Waals surface area contributed by atoms with Crippen LogP contribution in [0.5, 0.6) is 0 Å². The third-order valence-corrected chi connectivity index (χ3v) is 4.89. The molecule has 0 radical (unpaired) electrons. The third kappa shape index (κ3) is 3.61. The average molecular weight is 341 g/mol. The first-order valence-corrected chi connectivity index (χ1v) is 8.39. The van der Waals surface area contributed by atoms with E-state index in [-0.39, 0.29) is 5.91 Å². The fourth-order valence-electron chi connectivity index (χ4n) is 2.96. The molecule has 3 rings (SSSR count). The number of nitrogens with zero attached hydrogens (tertiary/aromatic N) is 3. The zero-order valence-corrected chi connectivity index (χ0v) is 14.6. The molecular formula is C18H23N5O2. The van der Waals surface area contributed by atoms with Crippen LogP contribution >= 0.6 is 0 Å². The molecule has 7 nitrogen and oxygen atoms in total. The van der Waals surface area contributed by atoms with Crippen LogP contribution in [0.25, 0.3) is 11.4 Å². The Kier molecular flexibility index (Phi) is 4.94. The molecule has 0 spiro atoms. The van der Waals surface area contributed by atoms with Gasteiger partial charge in [-0.05, 0) is 38.8 Å². The molecule has 0 saturated carbocycles. The minimum Gasteiger partial charge on any atom is -0.381 e. The molecular weight excluding hydrogens is 318 g/mol. The van der Waals surface area contributed by atoms with Gasteiger partial charge in [-0.3, -0.25) is 9.78 Å². The van der Waals surface area contributed by atoms with Crippen molar-refractivity contribution in [2.75, 3.05) is 25.1 Å². The molecule has 3 N–H and O–H groups in total. The monoisotopic (exact) mass is 341 g/mol. The van der Waals surface area contributed by atoms with E-state index in [0.717, 1.165) is 22.6 Å². The van der Waals surface area contributed by atoms with Crippen LogP contribution in [0.4, 0.5) is 5.82 Å². The summed E-state index contributed by atoms with van der Waals surface area (Å²) in [6.07, 6.45) is 4.67. The predicted molar refractivity (Wildman–Crippen MR) is 94.9 cm³/mol. The lowest BCUT2D eigenvalue weighted by Crippen LogP contribution is -2.46. The lowest BCUT2D eigenvalue weighted by Gasteiger charge is -2.34. The van der Waals surface area contributed by atoms with E-state index in [0.29, 0.717) is 38.4 Å². The first-order chi connectivity index (χ1) is 12.0. The highest BCUT2D eigenvalue weighted by atomic mass is 16.5. The molecule has 1 aliphatic heterocycles. The summed E-state index contributed by atoms with van der Waals surface area (Å²) >= 11 is 0. The van der Waals surface area contributed by atoms with Gasteiger partial charge in [0.05, 0.1) is 5.41 Å². The van der Waals surface area contributed by atoms with Crippen LogP contribution in [0.1, 0.15) is 24.1 Å². The number of pyridine rings is 1. The maximum atomic E-state index is 12.0. The van der Waals surface area contributed by atoms with Gasteiger partial charge in [0, 0.05) is 49.0 Å². The maximum Gasteiger partial charge on any atom is 0.225 e. The first-order valence-electron chi connectivity index (χ1n) is 8.39. The predicted octanol–water partition coefficient (Wildman–Crippen LogP) is 1.85. The summed E-state index contributed by atoms with van der Waals surface area (Å²) in [6, 6.07) is 3.74. The van der Waals surface area contributed by atoms with Crippen LogP contribution in [0, 0.1) is 19.3 Å². The number of amides is 1. The second-order valence-corrected chi connectivity index (χ2v) is 6.45. The van der Waals surface area contributed by atoms with Crippen molar-refractivity contribution < 1.29 is 9.53 Å². The maximum absolute atomic E-state index is 12.0. The summed E-state index contributed by atoms with van der Waals surface area (Å²) in [4.78, 5) is 25.3. The Morgan fingerprint density at radius 3 is 2.56 bits per heavy atom. The minimum atomic E-state index is -0.597. The Morgan fingerprint density at radius 1 is 1.24 bits per heavy atom. The quantitative estimate of drug-likeness (QED) is 0.860. The standard InChI is InChI=1S/C18H23N5O2/c1-12-13(2)22-16(14-3-7-20-8-4-14)23-15(12)21-11-18(17(19)24)5-9-25-10-6-18/h3-4,7-8H,5-6,9-11H2,1-2H3,(H2,19,24)(H,21,22,23). The Hall–Kier alpha value is -2.54. The number of aryl methyl sites for hydroxylation is 1. The molecule has 0 aliphatic carbocycles. The molecule has 3 heterocycles. The Bertz CT molecular complexity index is 758. The summed E-state index contributed by atoms with van der Waals surface area (Å²) in [7, 11) is 0. The second-order valence-electron chi connectivity index (χ2n) is 6.45. The largest absolute Gasteiger partial charge is 0.381 e. The molecule has 0 atom stereocenters. The van der Waals surface area contributed by atoms with Gasteiger partial charge in [-0.1, -0.05) is 0 Å². The number of anilines is 1. The Morgan fingerprint density at radius 2 is 1.92 bits per heavy atom. The van der Waals surface area contributed by atoms with Crippen LogP contribution in [0.15, 0.2) is 24.5 Å². The summed E-state index contributed by atoms with van der Waals surface area (Å²) in [5.41, 5.74) is 7.84. The van der Waals surface area contributed by atoms with Gasteiger partial charge in [-0.25, -0.2) is 9.97 Å². The van der Waals surface area contributed by atoms with Crippen LogP contribution in [-0.4, -0.2) is 40.6 Å². The van der Waals surface area contributed by atoms with Gasteiger partial charge in [0.1, 0.15) is 5.82 Å². The van der Waals surface area contributed by atoms with Crippen LogP contribution < -0.4 is 11.1 Å². The Balaban J connectivity index is 1.87.